The molecule has 0 N–H and O–H groups in total. The van der Waals surface area contributed by atoms with Gasteiger partial charge in [0.05, 0.1) is 31.6 Å². The van der Waals surface area contributed by atoms with Crippen LogP contribution in [0.15, 0.2) is 54.7 Å². The van der Waals surface area contributed by atoms with Gasteiger partial charge in [-0.1, -0.05) is 41.6 Å². The SMILES string of the molecule is COCOCCn1cc(CN2CCS(=O)(=O)N(Cc3ccc(-c4cccc(N(C)C)c4)cc3)C(C)C2=O)nn1. The summed E-state index contributed by atoms with van der Waals surface area (Å²) in [5, 5.41) is 8.20. The molecule has 1 atom stereocenters. The summed E-state index contributed by atoms with van der Waals surface area (Å²) in [6, 6.07) is 15.2. The number of methoxy groups -OCH3 is 1. The van der Waals surface area contributed by atoms with Gasteiger partial charge in [0.25, 0.3) is 0 Å². The van der Waals surface area contributed by atoms with Crippen LogP contribution in [0, 0.1) is 0 Å². The molecule has 1 aliphatic heterocycles. The second-order valence-corrected chi connectivity index (χ2v) is 11.8. The first-order chi connectivity index (χ1) is 18.7. The summed E-state index contributed by atoms with van der Waals surface area (Å²) in [5.74, 6) is -0.413. The van der Waals surface area contributed by atoms with E-state index < -0.39 is 16.1 Å². The van der Waals surface area contributed by atoms with Crippen molar-refractivity contribution < 1.29 is 22.7 Å². The minimum Gasteiger partial charge on any atom is -0.378 e. The van der Waals surface area contributed by atoms with Gasteiger partial charge in [0.2, 0.25) is 15.9 Å². The number of rotatable bonds is 11. The van der Waals surface area contributed by atoms with Crippen molar-refractivity contribution in [2.45, 2.75) is 32.6 Å². The number of carbonyl (C=O) groups excluding carboxylic acids is 1. The fourth-order valence-electron chi connectivity index (χ4n) is 4.44. The quantitative estimate of drug-likeness (QED) is 0.261. The summed E-state index contributed by atoms with van der Waals surface area (Å²) in [4.78, 5) is 16.9. The molecule has 11 nitrogen and oxygen atoms in total. The molecule has 4 rings (SSSR count). The zero-order valence-electron chi connectivity index (χ0n) is 22.9. The van der Waals surface area contributed by atoms with Crippen LogP contribution in [0.2, 0.25) is 0 Å². The van der Waals surface area contributed by atoms with Crippen LogP contribution in [0.4, 0.5) is 5.69 Å². The standard InChI is InChI=1S/C27H36N6O5S/c1-21-27(34)31(18-25-19-32(29-28-25)12-14-38-20-37-4)13-15-39(35,36)33(21)17-22-8-10-23(11-9-22)24-6-5-7-26(16-24)30(2)3/h5-11,16,19,21H,12-15,17-18,20H2,1-4H3. The van der Waals surface area contributed by atoms with Gasteiger partial charge in [0.15, 0.2) is 0 Å². The van der Waals surface area contributed by atoms with E-state index in [9.17, 15) is 13.2 Å². The van der Waals surface area contributed by atoms with Gasteiger partial charge in [0.1, 0.15) is 18.5 Å². The van der Waals surface area contributed by atoms with Crippen molar-refractivity contribution in [3.63, 3.8) is 0 Å². The average Bonchev–Trinajstić information content (AvgIpc) is 3.36. The molecule has 0 spiro atoms. The van der Waals surface area contributed by atoms with Crippen molar-refractivity contribution in [3.8, 4) is 11.1 Å². The van der Waals surface area contributed by atoms with Crippen LogP contribution in [-0.4, -0.2) is 91.5 Å². The van der Waals surface area contributed by atoms with Gasteiger partial charge in [-0.3, -0.25) is 4.79 Å². The summed E-state index contributed by atoms with van der Waals surface area (Å²) < 4.78 is 39.5. The molecule has 12 heteroatoms. The van der Waals surface area contributed by atoms with Gasteiger partial charge in [-0.2, -0.15) is 4.31 Å². The Hall–Kier alpha value is -3.32. The van der Waals surface area contributed by atoms with Gasteiger partial charge >= 0.3 is 0 Å². The van der Waals surface area contributed by atoms with E-state index in [0.717, 1.165) is 22.4 Å². The number of amides is 1. The fourth-order valence-corrected chi connectivity index (χ4v) is 6.04. The highest BCUT2D eigenvalue weighted by molar-refractivity contribution is 7.89. The molecule has 1 saturated heterocycles. The highest BCUT2D eigenvalue weighted by Crippen LogP contribution is 2.26. The Morgan fingerprint density at radius 1 is 1.08 bits per heavy atom. The molecular weight excluding hydrogens is 520 g/mol. The van der Waals surface area contributed by atoms with Crippen LogP contribution in [0.1, 0.15) is 18.2 Å². The number of hydrogen-bond donors (Lipinski definition) is 0. The Balaban J connectivity index is 1.43. The maximum Gasteiger partial charge on any atom is 0.241 e. The number of carbonyl (C=O) groups is 1. The molecular formula is C27H36N6O5S. The molecule has 0 bridgehead atoms. The summed E-state index contributed by atoms with van der Waals surface area (Å²) in [6.07, 6.45) is 1.74. The first-order valence-corrected chi connectivity index (χ1v) is 14.4. The molecule has 1 amide bonds. The molecule has 1 aromatic heterocycles. The van der Waals surface area contributed by atoms with E-state index in [1.165, 1.54) is 4.31 Å². The minimum absolute atomic E-state index is 0.0902. The van der Waals surface area contributed by atoms with E-state index in [4.69, 9.17) is 9.47 Å². The zero-order chi connectivity index (χ0) is 28.0. The highest BCUT2D eigenvalue weighted by Gasteiger charge is 2.38. The van der Waals surface area contributed by atoms with Crippen LogP contribution in [0.5, 0.6) is 0 Å². The lowest BCUT2D eigenvalue weighted by molar-refractivity contribution is -0.134. The maximum atomic E-state index is 13.3. The second kappa shape index (κ2) is 12.7. The summed E-state index contributed by atoms with van der Waals surface area (Å²) in [5.41, 5.74) is 4.62. The number of anilines is 1. The Morgan fingerprint density at radius 2 is 1.85 bits per heavy atom. The smallest absolute Gasteiger partial charge is 0.241 e. The van der Waals surface area contributed by atoms with Crippen molar-refractivity contribution >= 4 is 21.6 Å². The molecule has 1 unspecified atom stereocenters. The Labute approximate surface area is 230 Å². The van der Waals surface area contributed by atoms with Gasteiger partial charge in [-0.25, -0.2) is 13.1 Å². The van der Waals surface area contributed by atoms with E-state index >= 15 is 0 Å². The number of sulfonamides is 1. The summed E-state index contributed by atoms with van der Waals surface area (Å²) in [6.45, 7) is 3.14. The van der Waals surface area contributed by atoms with Gasteiger partial charge in [0, 0.05) is 40.0 Å². The third-order valence-electron chi connectivity index (χ3n) is 6.67. The molecule has 2 aromatic carbocycles. The minimum atomic E-state index is -3.66. The zero-order valence-corrected chi connectivity index (χ0v) is 23.7. The largest absolute Gasteiger partial charge is 0.378 e. The lowest BCUT2D eigenvalue weighted by atomic mass is 10.0. The number of benzene rings is 2. The molecule has 0 saturated carbocycles. The second-order valence-electron chi connectivity index (χ2n) is 9.73. The lowest BCUT2D eigenvalue weighted by Crippen LogP contribution is -2.45. The average molecular weight is 557 g/mol. The molecule has 1 aliphatic rings. The first-order valence-electron chi connectivity index (χ1n) is 12.8. The van der Waals surface area contributed by atoms with Crippen molar-refractivity contribution in [2.75, 3.05) is 51.8 Å². The van der Waals surface area contributed by atoms with E-state index in [1.54, 1.807) is 29.8 Å². The van der Waals surface area contributed by atoms with Gasteiger partial charge < -0.3 is 19.3 Å². The van der Waals surface area contributed by atoms with Crippen molar-refractivity contribution in [1.29, 1.82) is 0 Å². The van der Waals surface area contributed by atoms with Crippen LogP contribution >= 0.6 is 0 Å². The Morgan fingerprint density at radius 3 is 2.56 bits per heavy atom. The molecule has 210 valence electrons. The third kappa shape index (κ3) is 7.21. The van der Waals surface area contributed by atoms with Crippen molar-refractivity contribution in [3.05, 3.63) is 66.0 Å². The molecule has 0 aliphatic carbocycles. The molecule has 1 fully saturated rings. The third-order valence-corrected chi connectivity index (χ3v) is 8.53. The maximum absolute atomic E-state index is 13.3. The number of nitrogens with zero attached hydrogens (tertiary/aromatic N) is 6. The van der Waals surface area contributed by atoms with Gasteiger partial charge in [-0.05, 0) is 35.7 Å². The highest BCUT2D eigenvalue weighted by atomic mass is 32.2. The van der Waals surface area contributed by atoms with E-state index in [2.05, 4.69) is 16.4 Å². The van der Waals surface area contributed by atoms with Gasteiger partial charge in [-0.15, -0.1) is 5.10 Å². The molecule has 39 heavy (non-hydrogen) atoms. The first kappa shape index (κ1) is 28.7. The van der Waals surface area contributed by atoms with E-state index in [1.807, 2.05) is 61.5 Å². The van der Waals surface area contributed by atoms with Crippen molar-refractivity contribution in [2.24, 2.45) is 0 Å². The summed E-state index contributed by atoms with van der Waals surface area (Å²) in [7, 11) is 1.89. The van der Waals surface area contributed by atoms with E-state index in [-0.39, 0.29) is 38.1 Å². The normalized spacial score (nSPS) is 17.8. The number of aromatic nitrogens is 3. The monoisotopic (exact) mass is 556 g/mol. The predicted molar refractivity (Wildman–Crippen MR) is 148 cm³/mol. The Kier molecular flexibility index (Phi) is 9.33. The van der Waals surface area contributed by atoms with Crippen LogP contribution in [-0.2, 0) is 43.9 Å². The molecule has 2 heterocycles. The van der Waals surface area contributed by atoms with Crippen molar-refractivity contribution in [1.82, 2.24) is 24.2 Å². The van der Waals surface area contributed by atoms with Crippen LogP contribution < -0.4 is 4.90 Å². The number of hydrogen-bond acceptors (Lipinski definition) is 8. The predicted octanol–water partition coefficient (Wildman–Crippen LogP) is 2.19. The lowest BCUT2D eigenvalue weighted by Gasteiger charge is -2.26. The number of ether oxygens (including phenoxy) is 2. The topological polar surface area (TPSA) is 110 Å². The molecule has 0 radical (unpaired) electrons. The Bertz CT molecular complexity index is 1360. The fraction of sp³-hybridized carbons (Fsp3) is 0.444. The molecule has 3 aromatic rings. The van der Waals surface area contributed by atoms with Crippen LogP contribution in [0.3, 0.4) is 0 Å². The summed E-state index contributed by atoms with van der Waals surface area (Å²) >= 11 is 0. The van der Waals surface area contributed by atoms with E-state index in [0.29, 0.717) is 18.8 Å². The van der Waals surface area contributed by atoms with Crippen LogP contribution in [0.25, 0.3) is 11.1 Å².